The minimum absolute atomic E-state index is 0.00390. The highest BCUT2D eigenvalue weighted by atomic mass is 35.5. The molecule has 2 rings (SSSR count). The van der Waals surface area contributed by atoms with Gasteiger partial charge in [-0.05, 0) is 35.9 Å². The number of hydrogen-bond acceptors (Lipinski definition) is 3. The van der Waals surface area contributed by atoms with Gasteiger partial charge in [-0.2, -0.15) is 0 Å². The SMILES string of the molecule is NS(=O)(=O)c1cccc(CNC(=O)c2ccc(F)cc2Cl)c1. The minimum Gasteiger partial charge on any atom is -0.348 e. The Labute approximate surface area is 131 Å². The highest BCUT2D eigenvalue weighted by molar-refractivity contribution is 7.89. The summed E-state index contributed by atoms with van der Waals surface area (Å²) in [7, 11) is -3.80. The third kappa shape index (κ3) is 4.03. The fraction of sp³-hybridized carbons (Fsp3) is 0.0714. The Morgan fingerprint density at radius 3 is 2.59 bits per heavy atom. The Kier molecular flexibility index (Phi) is 4.80. The standard InChI is InChI=1S/C14H12ClFN2O3S/c15-13-7-10(16)4-5-12(13)14(19)18-8-9-2-1-3-11(6-9)22(17,20)21/h1-7H,8H2,(H,18,19)(H2,17,20,21). The van der Waals surface area contributed by atoms with Gasteiger partial charge < -0.3 is 5.32 Å². The lowest BCUT2D eigenvalue weighted by molar-refractivity contribution is 0.0951. The maximum atomic E-state index is 12.9. The smallest absolute Gasteiger partial charge is 0.253 e. The minimum atomic E-state index is -3.80. The zero-order valence-corrected chi connectivity index (χ0v) is 12.8. The topological polar surface area (TPSA) is 89.3 Å². The second-order valence-corrected chi connectivity index (χ2v) is 6.47. The first-order valence-corrected chi connectivity index (χ1v) is 8.05. The molecule has 0 aromatic heterocycles. The Morgan fingerprint density at radius 1 is 1.23 bits per heavy atom. The second kappa shape index (κ2) is 6.43. The van der Waals surface area contributed by atoms with E-state index < -0.39 is 21.7 Å². The third-order valence-corrected chi connectivity index (χ3v) is 4.08. The predicted octanol–water partition coefficient (Wildman–Crippen LogP) is 2.06. The molecule has 2 aromatic carbocycles. The quantitative estimate of drug-likeness (QED) is 0.891. The Balaban J connectivity index is 2.11. The number of carbonyl (C=O) groups excluding carboxylic acids is 1. The highest BCUT2D eigenvalue weighted by Crippen LogP contribution is 2.17. The molecule has 116 valence electrons. The molecule has 0 atom stereocenters. The molecule has 0 spiro atoms. The average Bonchev–Trinajstić information content (AvgIpc) is 2.44. The lowest BCUT2D eigenvalue weighted by Gasteiger charge is -2.08. The van der Waals surface area contributed by atoms with Gasteiger partial charge in [0.1, 0.15) is 5.82 Å². The fourth-order valence-corrected chi connectivity index (χ4v) is 2.62. The monoisotopic (exact) mass is 342 g/mol. The largest absolute Gasteiger partial charge is 0.348 e. The zero-order chi connectivity index (χ0) is 16.3. The summed E-state index contributed by atoms with van der Waals surface area (Å²) in [6.45, 7) is 0.0793. The molecule has 0 saturated heterocycles. The molecule has 0 bridgehead atoms. The molecule has 0 aliphatic carbocycles. The zero-order valence-electron chi connectivity index (χ0n) is 11.2. The van der Waals surface area contributed by atoms with Crippen molar-refractivity contribution < 1.29 is 17.6 Å². The number of amides is 1. The van der Waals surface area contributed by atoms with Crippen LogP contribution in [0.25, 0.3) is 0 Å². The van der Waals surface area contributed by atoms with Crippen molar-refractivity contribution in [1.29, 1.82) is 0 Å². The number of halogens is 2. The summed E-state index contributed by atoms with van der Waals surface area (Å²) in [6.07, 6.45) is 0. The van der Waals surface area contributed by atoms with Crippen molar-refractivity contribution in [3.8, 4) is 0 Å². The van der Waals surface area contributed by atoms with E-state index >= 15 is 0 Å². The van der Waals surface area contributed by atoms with Gasteiger partial charge in [-0.1, -0.05) is 23.7 Å². The van der Waals surface area contributed by atoms with Crippen molar-refractivity contribution in [3.63, 3.8) is 0 Å². The number of benzene rings is 2. The van der Waals surface area contributed by atoms with Crippen LogP contribution in [0.15, 0.2) is 47.4 Å². The van der Waals surface area contributed by atoms with Crippen LogP contribution in [0.5, 0.6) is 0 Å². The number of hydrogen-bond donors (Lipinski definition) is 2. The molecule has 0 aliphatic heterocycles. The third-order valence-electron chi connectivity index (χ3n) is 2.86. The van der Waals surface area contributed by atoms with Gasteiger partial charge >= 0.3 is 0 Å². The van der Waals surface area contributed by atoms with Crippen LogP contribution in [0.3, 0.4) is 0 Å². The number of rotatable bonds is 4. The molecular weight excluding hydrogens is 331 g/mol. The lowest BCUT2D eigenvalue weighted by Crippen LogP contribution is -2.23. The maximum absolute atomic E-state index is 12.9. The first kappa shape index (κ1) is 16.4. The fourth-order valence-electron chi connectivity index (χ4n) is 1.78. The van der Waals surface area contributed by atoms with E-state index in [1.54, 1.807) is 6.07 Å². The van der Waals surface area contributed by atoms with Crippen LogP contribution in [-0.4, -0.2) is 14.3 Å². The van der Waals surface area contributed by atoms with E-state index in [1.807, 2.05) is 0 Å². The number of sulfonamides is 1. The molecule has 0 saturated carbocycles. The van der Waals surface area contributed by atoms with Crippen LogP contribution in [0.2, 0.25) is 5.02 Å². The molecule has 5 nitrogen and oxygen atoms in total. The van der Waals surface area contributed by atoms with Crippen LogP contribution in [-0.2, 0) is 16.6 Å². The summed E-state index contributed by atoms with van der Waals surface area (Å²) in [4.78, 5) is 11.9. The first-order chi connectivity index (χ1) is 10.3. The molecule has 8 heteroatoms. The summed E-state index contributed by atoms with van der Waals surface area (Å²) in [6, 6.07) is 9.32. The number of nitrogens with two attached hydrogens (primary N) is 1. The van der Waals surface area contributed by atoms with Crippen molar-refractivity contribution in [3.05, 3.63) is 64.4 Å². The first-order valence-electron chi connectivity index (χ1n) is 6.12. The van der Waals surface area contributed by atoms with Crippen LogP contribution < -0.4 is 10.5 Å². The van der Waals surface area contributed by atoms with Crippen molar-refractivity contribution in [2.75, 3.05) is 0 Å². The molecule has 0 radical (unpaired) electrons. The summed E-state index contributed by atoms with van der Waals surface area (Å²) >= 11 is 5.79. The van der Waals surface area contributed by atoms with Crippen LogP contribution in [0.1, 0.15) is 15.9 Å². The summed E-state index contributed by atoms with van der Waals surface area (Å²) in [5.41, 5.74) is 0.684. The average molecular weight is 343 g/mol. The van der Waals surface area contributed by atoms with Gasteiger partial charge in [-0.3, -0.25) is 4.79 Å². The van der Waals surface area contributed by atoms with Gasteiger partial charge in [0.2, 0.25) is 10.0 Å². The van der Waals surface area contributed by atoms with E-state index in [4.69, 9.17) is 16.7 Å². The van der Waals surface area contributed by atoms with Gasteiger partial charge in [-0.25, -0.2) is 17.9 Å². The van der Waals surface area contributed by atoms with Gasteiger partial charge in [0.05, 0.1) is 15.5 Å². The van der Waals surface area contributed by atoms with Crippen LogP contribution >= 0.6 is 11.6 Å². The van der Waals surface area contributed by atoms with Gasteiger partial charge in [0.15, 0.2) is 0 Å². The number of carbonyl (C=O) groups is 1. The van der Waals surface area contributed by atoms with E-state index in [0.717, 1.165) is 12.1 Å². The van der Waals surface area contributed by atoms with Crippen LogP contribution in [0, 0.1) is 5.82 Å². The Bertz CT molecular complexity index is 825. The molecule has 1 amide bonds. The van der Waals surface area contributed by atoms with E-state index in [2.05, 4.69) is 5.32 Å². The van der Waals surface area contributed by atoms with Gasteiger partial charge in [0.25, 0.3) is 5.91 Å². The Morgan fingerprint density at radius 2 is 1.95 bits per heavy atom. The lowest BCUT2D eigenvalue weighted by atomic mass is 10.2. The number of nitrogens with one attached hydrogen (secondary N) is 1. The van der Waals surface area contributed by atoms with E-state index in [-0.39, 0.29) is 22.0 Å². The van der Waals surface area contributed by atoms with Crippen molar-refractivity contribution in [2.45, 2.75) is 11.4 Å². The predicted molar refractivity (Wildman–Crippen MR) is 80.4 cm³/mol. The molecule has 0 heterocycles. The summed E-state index contributed by atoms with van der Waals surface area (Å²) < 4.78 is 35.5. The number of primary sulfonamides is 1. The molecule has 22 heavy (non-hydrogen) atoms. The van der Waals surface area contributed by atoms with Crippen LogP contribution in [0.4, 0.5) is 4.39 Å². The van der Waals surface area contributed by atoms with Gasteiger partial charge in [0, 0.05) is 6.54 Å². The maximum Gasteiger partial charge on any atom is 0.253 e. The van der Waals surface area contributed by atoms with Crippen molar-refractivity contribution in [2.24, 2.45) is 5.14 Å². The normalized spacial score (nSPS) is 11.2. The molecule has 0 aliphatic rings. The van der Waals surface area contributed by atoms with Crippen molar-refractivity contribution >= 4 is 27.5 Å². The van der Waals surface area contributed by atoms with Crippen molar-refractivity contribution in [1.82, 2.24) is 5.32 Å². The van der Waals surface area contributed by atoms with Gasteiger partial charge in [-0.15, -0.1) is 0 Å². The highest BCUT2D eigenvalue weighted by Gasteiger charge is 2.12. The van der Waals surface area contributed by atoms with E-state index in [9.17, 15) is 17.6 Å². The molecule has 3 N–H and O–H groups in total. The summed E-state index contributed by atoms with van der Waals surface area (Å²) in [5.74, 6) is -1.03. The Hall–Kier alpha value is -1.96. The molecule has 0 fully saturated rings. The molecule has 0 unspecified atom stereocenters. The molecular formula is C14H12ClFN2O3S. The second-order valence-electron chi connectivity index (χ2n) is 4.50. The van der Waals surface area contributed by atoms with E-state index in [1.165, 1.54) is 24.3 Å². The summed E-state index contributed by atoms with van der Waals surface area (Å²) in [5, 5.41) is 7.61. The molecule has 2 aromatic rings. The van der Waals surface area contributed by atoms with E-state index in [0.29, 0.717) is 5.56 Å².